The Morgan fingerprint density at radius 1 is 0.882 bits per heavy atom. The van der Waals surface area contributed by atoms with Gasteiger partial charge in [0, 0.05) is 12.1 Å². The van der Waals surface area contributed by atoms with Gasteiger partial charge < -0.3 is 24.4 Å². The molecule has 0 unspecified atom stereocenters. The number of benzene rings is 3. The zero-order valence-electron chi connectivity index (χ0n) is 19.3. The Balaban J connectivity index is 1.60. The summed E-state index contributed by atoms with van der Waals surface area (Å²) < 4.78 is 22.2. The number of hydrogen-bond acceptors (Lipinski definition) is 8. The molecule has 0 aliphatic carbocycles. The number of nitro benzene ring substituents is 1. The fraction of sp³-hybridized carbons (Fsp3) is 0.240. The predicted molar refractivity (Wildman–Crippen MR) is 129 cm³/mol. The number of rotatable bonds is 12. The molecule has 0 saturated carbocycles. The molecule has 3 aromatic rings. The van der Waals surface area contributed by atoms with Crippen molar-refractivity contribution < 1.29 is 23.9 Å². The van der Waals surface area contributed by atoms with Crippen molar-refractivity contribution in [1.82, 2.24) is 5.43 Å². The van der Waals surface area contributed by atoms with Gasteiger partial charge in [0.2, 0.25) is 0 Å². The van der Waals surface area contributed by atoms with Gasteiger partial charge in [-0.1, -0.05) is 6.07 Å². The van der Waals surface area contributed by atoms with Crippen molar-refractivity contribution in [3.8, 4) is 23.0 Å². The molecule has 3 rings (SSSR count). The normalized spacial score (nSPS) is 10.7. The van der Waals surface area contributed by atoms with Gasteiger partial charge in [-0.25, -0.2) is 0 Å². The minimum atomic E-state index is -0.430. The molecule has 0 saturated heterocycles. The van der Waals surface area contributed by atoms with Gasteiger partial charge in [0.1, 0.15) is 6.61 Å². The Morgan fingerprint density at radius 2 is 1.59 bits per heavy atom. The molecule has 0 heterocycles. The van der Waals surface area contributed by atoms with Gasteiger partial charge in [0.25, 0.3) is 5.69 Å². The minimum absolute atomic E-state index is 0.0436. The monoisotopic (exact) mass is 465 g/mol. The summed E-state index contributed by atoms with van der Waals surface area (Å²) >= 11 is 0. The lowest BCUT2D eigenvalue weighted by Crippen LogP contribution is -2.06. The largest absolute Gasteiger partial charge is 0.493 e. The van der Waals surface area contributed by atoms with E-state index in [4.69, 9.17) is 18.9 Å². The van der Waals surface area contributed by atoms with E-state index in [0.717, 1.165) is 16.7 Å². The fourth-order valence-electron chi connectivity index (χ4n) is 3.12. The summed E-state index contributed by atoms with van der Waals surface area (Å²) in [6, 6.07) is 17.5. The molecule has 0 bridgehead atoms. The van der Waals surface area contributed by atoms with E-state index in [1.165, 1.54) is 12.1 Å². The minimum Gasteiger partial charge on any atom is -0.493 e. The highest BCUT2D eigenvalue weighted by Gasteiger charge is 2.09. The first-order chi connectivity index (χ1) is 16.5. The summed E-state index contributed by atoms with van der Waals surface area (Å²) in [5, 5.41) is 15.1. The van der Waals surface area contributed by atoms with Crippen LogP contribution in [0.3, 0.4) is 0 Å². The Morgan fingerprint density at radius 3 is 2.26 bits per heavy atom. The maximum Gasteiger partial charge on any atom is 0.269 e. The molecule has 0 atom stereocenters. The molecule has 0 aliphatic heterocycles. The van der Waals surface area contributed by atoms with E-state index < -0.39 is 4.92 Å². The predicted octanol–water partition coefficient (Wildman–Crippen LogP) is 4.71. The van der Waals surface area contributed by atoms with Crippen molar-refractivity contribution in [3.05, 3.63) is 87.5 Å². The van der Waals surface area contributed by atoms with Gasteiger partial charge in [0.15, 0.2) is 23.0 Å². The Bertz CT molecular complexity index is 1130. The SMILES string of the molecule is CCOc1cc(/C=N\NCc2ccc(OC)c(OC)c2)ccc1OCc1ccc([N+](=O)[O-])cc1. The molecule has 0 spiro atoms. The van der Waals surface area contributed by atoms with Crippen LogP contribution >= 0.6 is 0 Å². The number of nitrogens with zero attached hydrogens (tertiary/aromatic N) is 2. The molecule has 9 nitrogen and oxygen atoms in total. The zero-order chi connectivity index (χ0) is 24.3. The van der Waals surface area contributed by atoms with Crippen molar-refractivity contribution >= 4 is 11.9 Å². The van der Waals surface area contributed by atoms with Crippen LogP contribution in [0.25, 0.3) is 0 Å². The molecular weight excluding hydrogens is 438 g/mol. The summed E-state index contributed by atoms with van der Waals surface area (Å²) in [6.45, 7) is 3.15. The molecule has 9 heteroatoms. The Kier molecular flexibility index (Phi) is 8.67. The first-order valence-corrected chi connectivity index (χ1v) is 10.6. The third kappa shape index (κ3) is 6.61. The van der Waals surface area contributed by atoms with Crippen molar-refractivity contribution in [2.45, 2.75) is 20.1 Å². The summed E-state index contributed by atoms with van der Waals surface area (Å²) in [6.07, 6.45) is 1.70. The number of nitrogens with one attached hydrogen (secondary N) is 1. The highest BCUT2D eigenvalue weighted by Crippen LogP contribution is 2.29. The Labute approximate surface area is 198 Å². The molecule has 0 radical (unpaired) electrons. The second-order valence-electron chi connectivity index (χ2n) is 7.13. The molecule has 178 valence electrons. The van der Waals surface area contributed by atoms with Crippen LogP contribution < -0.4 is 24.4 Å². The number of methoxy groups -OCH3 is 2. The van der Waals surface area contributed by atoms with Gasteiger partial charge in [0.05, 0.1) is 38.5 Å². The van der Waals surface area contributed by atoms with Crippen molar-refractivity contribution in [3.63, 3.8) is 0 Å². The number of non-ortho nitro benzene ring substituents is 1. The van der Waals surface area contributed by atoms with Crippen molar-refractivity contribution in [1.29, 1.82) is 0 Å². The van der Waals surface area contributed by atoms with E-state index in [0.29, 0.717) is 36.1 Å². The highest BCUT2D eigenvalue weighted by atomic mass is 16.6. The fourth-order valence-corrected chi connectivity index (χ4v) is 3.12. The number of hydrogen-bond donors (Lipinski definition) is 1. The maximum absolute atomic E-state index is 10.8. The summed E-state index contributed by atoms with van der Waals surface area (Å²) in [4.78, 5) is 10.4. The Hall–Kier alpha value is -4.27. The average molecular weight is 466 g/mol. The number of ether oxygens (including phenoxy) is 4. The average Bonchev–Trinajstić information content (AvgIpc) is 2.86. The number of nitro groups is 1. The smallest absolute Gasteiger partial charge is 0.269 e. The van der Waals surface area contributed by atoms with Crippen LogP contribution in [-0.4, -0.2) is 32.0 Å². The lowest BCUT2D eigenvalue weighted by molar-refractivity contribution is -0.384. The van der Waals surface area contributed by atoms with Crippen LogP contribution in [0.1, 0.15) is 23.6 Å². The zero-order valence-corrected chi connectivity index (χ0v) is 19.3. The second-order valence-corrected chi connectivity index (χ2v) is 7.13. The first-order valence-electron chi connectivity index (χ1n) is 10.6. The van der Waals surface area contributed by atoms with Crippen LogP contribution in [-0.2, 0) is 13.2 Å². The van der Waals surface area contributed by atoms with E-state index >= 15 is 0 Å². The van der Waals surface area contributed by atoms with E-state index in [-0.39, 0.29) is 12.3 Å². The quantitative estimate of drug-likeness (QED) is 0.235. The second kappa shape index (κ2) is 12.1. The van der Waals surface area contributed by atoms with Gasteiger partial charge in [-0.2, -0.15) is 5.10 Å². The van der Waals surface area contributed by atoms with E-state index in [2.05, 4.69) is 10.5 Å². The first kappa shape index (κ1) is 24.4. The van der Waals surface area contributed by atoms with Crippen LogP contribution in [0.4, 0.5) is 5.69 Å². The summed E-state index contributed by atoms with van der Waals surface area (Å²) in [7, 11) is 3.20. The van der Waals surface area contributed by atoms with Crippen LogP contribution in [0.15, 0.2) is 65.8 Å². The maximum atomic E-state index is 10.8. The molecule has 0 amide bonds. The lowest BCUT2D eigenvalue weighted by Gasteiger charge is -2.12. The standard InChI is InChI=1S/C25H27N3O6/c1-4-33-25-14-20(16-27-26-15-19-7-11-22(31-2)24(13-19)32-3)8-12-23(25)34-17-18-5-9-21(10-6-18)28(29)30/h5-14,16,26H,4,15,17H2,1-3H3/b27-16-. The number of hydrazone groups is 1. The molecule has 0 aromatic heterocycles. The van der Waals surface area contributed by atoms with E-state index in [9.17, 15) is 10.1 Å². The lowest BCUT2D eigenvalue weighted by atomic mass is 10.2. The molecular formula is C25H27N3O6. The summed E-state index contributed by atoms with van der Waals surface area (Å²) in [5.74, 6) is 2.51. The van der Waals surface area contributed by atoms with Crippen molar-refractivity contribution in [2.24, 2.45) is 5.10 Å². The highest BCUT2D eigenvalue weighted by molar-refractivity contribution is 5.80. The summed E-state index contributed by atoms with van der Waals surface area (Å²) in [5.41, 5.74) is 5.72. The van der Waals surface area contributed by atoms with Gasteiger partial charge in [-0.05, 0) is 66.1 Å². The molecule has 0 aliphatic rings. The van der Waals surface area contributed by atoms with Crippen LogP contribution in [0.5, 0.6) is 23.0 Å². The van der Waals surface area contributed by atoms with Crippen LogP contribution in [0.2, 0.25) is 0 Å². The van der Waals surface area contributed by atoms with Crippen LogP contribution in [0, 0.1) is 10.1 Å². The molecule has 1 N–H and O–H groups in total. The topological polar surface area (TPSA) is 104 Å². The third-order valence-corrected chi connectivity index (χ3v) is 4.85. The van der Waals surface area contributed by atoms with E-state index in [1.807, 2.05) is 43.3 Å². The molecule has 34 heavy (non-hydrogen) atoms. The van der Waals surface area contributed by atoms with E-state index in [1.54, 1.807) is 32.6 Å². The van der Waals surface area contributed by atoms with Gasteiger partial charge >= 0.3 is 0 Å². The third-order valence-electron chi connectivity index (χ3n) is 4.85. The van der Waals surface area contributed by atoms with Crippen molar-refractivity contribution in [2.75, 3.05) is 20.8 Å². The van der Waals surface area contributed by atoms with Gasteiger partial charge in [-0.3, -0.25) is 10.1 Å². The molecule has 0 fully saturated rings. The molecule has 3 aromatic carbocycles. The van der Waals surface area contributed by atoms with Gasteiger partial charge in [-0.15, -0.1) is 0 Å².